The number of carbonyl (C=O) groups is 1. The normalized spacial score (nSPS) is 19.5. The summed E-state index contributed by atoms with van der Waals surface area (Å²) in [7, 11) is 0. The Morgan fingerprint density at radius 2 is 2.11 bits per heavy atom. The molecular formula is C13H13N3O2. The van der Waals surface area contributed by atoms with Crippen molar-refractivity contribution in [1.29, 1.82) is 0 Å². The van der Waals surface area contributed by atoms with E-state index in [0.29, 0.717) is 12.4 Å². The molecule has 0 saturated carbocycles. The number of aromatic amines is 1. The number of carbonyl (C=O) groups excluding carboxylic acids is 1. The quantitative estimate of drug-likeness (QED) is 0.832. The molecule has 0 spiro atoms. The van der Waals surface area contributed by atoms with Crippen molar-refractivity contribution < 1.29 is 9.90 Å². The molecule has 0 aliphatic carbocycles. The molecule has 1 unspecified atom stereocenters. The molecule has 1 saturated heterocycles. The topological polar surface area (TPSA) is 69.2 Å². The molecule has 2 N–H and O–H groups in total. The van der Waals surface area contributed by atoms with E-state index in [1.54, 1.807) is 11.1 Å². The van der Waals surface area contributed by atoms with Gasteiger partial charge in [0, 0.05) is 5.56 Å². The molecular weight excluding hydrogens is 230 g/mol. The van der Waals surface area contributed by atoms with Gasteiger partial charge >= 0.3 is 0 Å². The Hall–Kier alpha value is -2.14. The summed E-state index contributed by atoms with van der Waals surface area (Å²) in [6, 6.07) is 9.74. The number of amides is 1. The standard InChI is InChI=1S/C13H13N3O2/c17-10-6-12(18)16(8-10)13-11(7-14-15-13)9-4-2-1-3-5-9/h1-5,7,10,17H,6,8H2,(H,14,15). The molecule has 5 heteroatoms. The van der Waals surface area contributed by atoms with Crippen molar-refractivity contribution in [1.82, 2.24) is 10.2 Å². The van der Waals surface area contributed by atoms with Crippen LogP contribution in [0.3, 0.4) is 0 Å². The van der Waals surface area contributed by atoms with Crippen molar-refractivity contribution >= 4 is 11.7 Å². The molecule has 18 heavy (non-hydrogen) atoms. The third-order valence-corrected chi connectivity index (χ3v) is 3.08. The van der Waals surface area contributed by atoms with Crippen molar-refractivity contribution in [3.63, 3.8) is 0 Å². The number of rotatable bonds is 2. The number of aliphatic hydroxyl groups is 1. The van der Waals surface area contributed by atoms with Crippen LogP contribution in [-0.2, 0) is 4.79 Å². The Morgan fingerprint density at radius 1 is 1.33 bits per heavy atom. The van der Waals surface area contributed by atoms with Crippen LogP contribution in [0.15, 0.2) is 36.5 Å². The van der Waals surface area contributed by atoms with Gasteiger partial charge in [-0.2, -0.15) is 5.10 Å². The highest BCUT2D eigenvalue weighted by atomic mass is 16.3. The first-order valence-corrected chi connectivity index (χ1v) is 5.83. The van der Waals surface area contributed by atoms with Gasteiger partial charge in [-0.05, 0) is 5.56 Å². The summed E-state index contributed by atoms with van der Waals surface area (Å²) < 4.78 is 0. The first kappa shape index (κ1) is 11.0. The highest BCUT2D eigenvalue weighted by molar-refractivity contribution is 5.98. The Kier molecular flexibility index (Phi) is 2.60. The molecule has 0 bridgehead atoms. The fraction of sp³-hybridized carbons (Fsp3) is 0.231. The number of benzene rings is 1. The number of aromatic nitrogens is 2. The smallest absolute Gasteiger partial charge is 0.230 e. The molecule has 3 rings (SSSR count). The van der Waals surface area contributed by atoms with Crippen LogP contribution < -0.4 is 4.90 Å². The van der Waals surface area contributed by atoms with E-state index in [0.717, 1.165) is 11.1 Å². The molecule has 0 radical (unpaired) electrons. The van der Waals surface area contributed by atoms with Gasteiger partial charge in [0.05, 0.1) is 25.3 Å². The fourth-order valence-corrected chi connectivity index (χ4v) is 2.22. The number of β-amino-alcohol motifs (C(OH)–C–C–N with tert-alkyl or cyclic N) is 1. The molecule has 92 valence electrons. The third kappa shape index (κ3) is 1.78. The first-order valence-electron chi connectivity index (χ1n) is 5.83. The van der Waals surface area contributed by atoms with E-state index < -0.39 is 6.10 Å². The zero-order valence-corrected chi connectivity index (χ0v) is 9.71. The fourth-order valence-electron chi connectivity index (χ4n) is 2.22. The third-order valence-electron chi connectivity index (χ3n) is 3.08. The highest BCUT2D eigenvalue weighted by Gasteiger charge is 2.31. The number of nitrogens with one attached hydrogen (secondary N) is 1. The van der Waals surface area contributed by atoms with Crippen molar-refractivity contribution in [2.75, 3.05) is 11.4 Å². The molecule has 2 heterocycles. The largest absolute Gasteiger partial charge is 0.391 e. The summed E-state index contributed by atoms with van der Waals surface area (Å²) in [5, 5.41) is 16.4. The van der Waals surface area contributed by atoms with Crippen molar-refractivity contribution in [2.45, 2.75) is 12.5 Å². The average Bonchev–Trinajstić information content (AvgIpc) is 2.96. The lowest BCUT2D eigenvalue weighted by atomic mass is 10.1. The van der Waals surface area contributed by atoms with Crippen LogP contribution in [-0.4, -0.2) is 33.9 Å². The van der Waals surface area contributed by atoms with Gasteiger partial charge < -0.3 is 5.11 Å². The number of anilines is 1. The minimum Gasteiger partial charge on any atom is -0.391 e. The molecule has 1 amide bonds. The number of H-pyrrole nitrogens is 1. The average molecular weight is 243 g/mol. The molecule has 1 aromatic carbocycles. The minimum atomic E-state index is -0.593. The Balaban J connectivity index is 2.00. The first-order chi connectivity index (χ1) is 8.75. The molecule has 1 atom stereocenters. The van der Waals surface area contributed by atoms with Crippen LogP contribution in [0.4, 0.5) is 5.82 Å². The van der Waals surface area contributed by atoms with Crippen LogP contribution >= 0.6 is 0 Å². The van der Waals surface area contributed by atoms with Gasteiger partial charge in [-0.15, -0.1) is 0 Å². The second kappa shape index (κ2) is 4.27. The van der Waals surface area contributed by atoms with Gasteiger partial charge in [0.25, 0.3) is 0 Å². The van der Waals surface area contributed by atoms with E-state index in [2.05, 4.69) is 10.2 Å². The molecule has 2 aromatic rings. The van der Waals surface area contributed by atoms with Crippen LogP contribution in [0.1, 0.15) is 6.42 Å². The summed E-state index contributed by atoms with van der Waals surface area (Å²) in [6.45, 7) is 0.320. The van der Waals surface area contributed by atoms with E-state index >= 15 is 0 Å². The van der Waals surface area contributed by atoms with Crippen molar-refractivity contribution in [3.8, 4) is 11.1 Å². The zero-order valence-electron chi connectivity index (χ0n) is 9.71. The Bertz CT molecular complexity index is 565. The van der Waals surface area contributed by atoms with Gasteiger partial charge in [0.1, 0.15) is 5.82 Å². The Labute approximate surface area is 104 Å². The lowest BCUT2D eigenvalue weighted by Gasteiger charge is -2.15. The van der Waals surface area contributed by atoms with Crippen molar-refractivity contribution in [3.05, 3.63) is 36.5 Å². The maximum Gasteiger partial charge on any atom is 0.230 e. The monoisotopic (exact) mass is 243 g/mol. The van der Waals surface area contributed by atoms with Crippen LogP contribution in [0.2, 0.25) is 0 Å². The van der Waals surface area contributed by atoms with Gasteiger partial charge in [0.15, 0.2) is 0 Å². The highest BCUT2D eigenvalue weighted by Crippen LogP contribution is 2.30. The Morgan fingerprint density at radius 3 is 2.78 bits per heavy atom. The van der Waals surface area contributed by atoms with Gasteiger partial charge in [-0.3, -0.25) is 14.8 Å². The summed E-state index contributed by atoms with van der Waals surface area (Å²) in [6.07, 6.45) is 1.28. The van der Waals surface area contributed by atoms with Crippen LogP contribution in [0.5, 0.6) is 0 Å². The molecule has 5 nitrogen and oxygen atoms in total. The minimum absolute atomic E-state index is 0.0797. The lowest BCUT2D eigenvalue weighted by molar-refractivity contribution is -0.117. The molecule has 1 aliphatic rings. The summed E-state index contributed by atoms with van der Waals surface area (Å²) in [5.74, 6) is 0.576. The molecule has 1 fully saturated rings. The van der Waals surface area contributed by atoms with Crippen LogP contribution in [0, 0.1) is 0 Å². The zero-order chi connectivity index (χ0) is 12.5. The van der Waals surface area contributed by atoms with Gasteiger partial charge in [-0.25, -0.2) is 0 Å². The van der Waals surface area contributed by atoms with Crippen LogP contribution in [0.25, 0.3) is 11.1 Å². The summed E-state index contributed by atoms with van der Waals surface area (Å²) in [5.41, 5.74) is 1.87. The van der Waals surface area contributed by atoms with E-state index in [1.165, 1.54) is 0 Å². The molecule has 1 aliphatic heterocycles. The number of hydrogen-bond donors (Lipinski definition) is 2. The predicted octanol–water partition coefficient (Wildman–Crippen LogP) is 1.17. The summed E-state index contributed by atoms with van der Waals surface area (Å²) in [4.78, 5) is 13.3. The van der Waals surface area contributed by atoms with Crippen molar-refractivity contribution in [2.24, 2.45) is 0 Å². The van der Waals surface area contributed by atoms with E-state index in [4.69, 9.17) is 0 Å². The molecule has 1 aromatic heterocycles. The number of aliphatic hydroxyl groups excluding tert-OH is 1. The maximum absolute atomic E-state index is 11.8. The maximum atomic E-state index is 11.8. The van der Waals surface area contributed by atoms with Gasteiger partial charge in [0.2, 0.25) is 5.91 Å². The van der Waals surface area contributed by atoms with E-state index in [9.17, 15) is 9.90 Å². The summed E-state index contributed by atoms with van der Waals surface area (Å²) >= 11 is 0. The SMILES string of the molecule is O=C1CC(O)CN1c1[nH]ncc1-c1ccccc1. The van der Waals surface area contributed by atoms with E-state index in [1.807, 2.05) is 30.3 Å². The number of nitrogens with zero attached hydrogens (tertiary/aromatic N) is 2. The number of hydrogen-bond acceptors (Lipinski definition) is 3. The van der Waals surface area contributed by atoms with E-state index in [-0.39, 0.29) is 12.3 Å². The second-order valence-electron chi connectivity index (χ2n) is 4.36. The lowest BCUT2D eigenvalue weighted by Crippen LogP contribution is -2.26. The predicted molar refractivity (Wildman–Crippen MR) is 67.0 cm³/mol. The van der Waals surface area contributed by atoms with Gasteiger partial charge in [-0.1, -0.05) is 30.3 Å². The second-order valence-corrected chi connectivity index (χ2v) is 4.36.